The standard InChI is InChI=1S/C16H16S2/c1-3-7-15(8-4-1)13-17-11-12-18-14-16-9-5-2-6-10-16/h1-12H,13-14H2/b12-11-. The first kappa shape index (κ1) is 13.3. The van der Waals surface area contributed by atoms with Crippen LogP contribution in [-0.4, -0.2) is 0 Å². The lowest BCUT2D eigenvalue weighted by Crippen LogP contribution is -1.76. The molecule has 2 aromatic carbocycles. The van der Waals surface area contributed by atoms with Gasteiger partial charge in [0.2, 0.25) is 0 Å². The van der Waals surface area contributed by atoms with E-state index in [4.69, 9.17) is 0 Å². The zero-order valence-electron chi connectivity index (χ0n) is 10.2. The fourth-order valence-corrected chi connectivity index (χ4v) is 3.11. The van der Waals surface area contributed by atoms with E-state index in [0.717, 1.165) is 11.5 Å². The van der Waals surface area contributed by atoms with E-state index in [9.17, 15) is 0 Å². The fraction of sp³-hybridized carbons (Fsp3) is 0.125. The Labute approximate surface area is 118 Å². The molecule has 0 saturated heterocycles. The normalized spacial score (nSPS) is 10.9. The quantitative estimate of drug-likeness (QED) is 0.697. The number of thioether (sulfide) groups is 2. The maximum absolute atomic E-state index is 2.18. The van der Waals surface area contributed by atoms with Gasteiger partial charge in [0.1, 0.15) is 0 Å². The Bertz CT molecular complexity index is 417. The van der Waals surface area contributed by atoms with Gasteiger partial charge in [-0.25, -0.2) is 0 Å². The third-order valence-corrected chi connectivity index (χ3v) is 4.26. The third kappa shape index (κ3) is 5.03. The van der Waals surface area contributed by atoms with Crippen molar-refractivity contribution >= 4 is 23.5 Å². The van der Waals surface area contributed by atoms with Crippen molar-refractivity contribution in [2.24, 2.45) is 0 Å². The van der Waals surface area contributed by atoms with E-state index in [-0.39, 0.29) is 0 Å². The summed E-state index contributed by atoms with van der Waals surface area (Å²) in [4.78, 5) is 0. The summed E-state index contributed by atoms with van der Waals surface area (Å²) in [5, 5.41) is 4.36. The lowest BCUT2D eigenvalue weighted by molar-refractivity contribution is 1.42. The summed E-state index contributed by atoms with van der Waals surface area (Å²) in [6, 6.07) is 21.1. The van der Waals surface area contributed by atoms with Crippen LogP contribution in [0.2, 0.25) is 0 Å². The van der Waals surface area contributed by atoms with Gasteiger partial charge in [0.25, 0.3) is 0 Å². The van der Waals surface area contributed by atoms with Gasteiger partial charge in [0.05, 0.1) is 0 Å². The summed E-state index contributed by atoms with van der Waals surface area (Å²) in [7, 11) is 0. The maximum Gasteiger partial charge on any atom is 0.0226 e. The van der Waals surface area contributed by atoms with Gasteiger partial charge in [0.15, 0.2) is 0 Å². The molecule has 0 N–H and O–H groups in total. The Morgan fingerprint density at radius 2 is 1.00 bits per heavy atom. The lowest BCUT2D eigenvalue weighted by Gasteiger charge is -1.97. The molecule has 0 spiro atoms. The molecular weight excluding hydrogens is 256 g/mol. The molecule has 2 aromatic rings. The molecule has 18 heavy (non-hydrogen) atoms. The largest absolute Gasteiger partial charge is 0.129 e. The number of hydrogen-bond acceptors (Lipinski definition) is 2. The molecule has 0 atom stereocenters. The number of rotatable bonds is 6. The minimum Gasteiger partial charge on any atom is -0.129 e. The molecule has 0 aliphatic heterocycles. The summed E-state index contributed by atoms with van der Waals surface area (Å²) < 4.78 is 0. The molecule has 2 heteroatoms. The summed E-state index contributed by atoms with van der Waals surface area (Å²) in [5.74, 6) is 2.09. The summed E-state index contributed by atoms with van der Waals surface area (Å²) in [6.07, 6.45) is 0. The van der Waals surface area contributed by atoms with Gasteiger partial charge in [-0.1, -0.05) is 60.7 Å². The number of hydrogen-bond donors (Lipinski definition) is 0. The summed E-state index contributed by atoms with van der Waals surface area (Å²) >= 11 is 3.68. The van der Waals surface area contributed by atoms with E-state index in [0.29, 0.717) is 0 Å². The van der Waals surface area contributed by atoms with Crippen molar-refractivity contribution in [2.45, 2.75) is 11.5 Å². The molecular formula is C16H16S2. The summed E-state index contributed by atoms with van der Waals surface area (Å²) in [6.45, 7) is 0. The Morgan fingerprint density at radius 3 is 1.39 bits per heavy atom. The van der Waals surface area contributed by atoms with Crippen molar-refractivity contribution in [1.29, 1.82) is 0 Å². The zero-order valence-corrected chi connectivity index (χ0v) is 11.8. The van der Waals surface area contributed by atoms with Gasteiger partial charge in [-0.3, -0.25) is 0 Å². The van der Waals surface area contributed by atoms with Crippen LogP contribution in [0, 0.1) is 0 Å². The van der Waals surface area contributed by atoms with E-state index < -0.39 is 0 Å². The number of benzene rings is 2. The molecule has 0 aliphatic carbocycles. The van der Waals surface area contributed by atoms with Crippen molar-refractivity contribution < 1.29 is 0 Å². The highest BCUT2D eigenvalue weighted by molar-refractivity contribution is 8.04. The molecule has 0 nitrogen and oxygen atoms in total. The van der Waals surface area contributed by atoms with E-state index in [1.165, 1.54) is 11.1 Å². The molecule has 0 saturated carbocycles. The molecule has 0 fully saturated rings. The van der Waals surface area contributed by atoms with Crippen molar-refractivity contribution in [1.82, 2.24) is 0 Å². The third-order valence-electron chi connectivity index (χ3n) is 2.43. The van der Waals surface area contributed by atoms with Crippen LogP contribution in [-0.2, 0) is 11.5 Å². The molecule has 0 heterocycles. The first-order valence-electron chi connectivity index (χ1n) is 5.91. The molecule has 0 radical (unpaired) electrons. The molecule has 2 rings (SSSR count). The van der Waals surface area contributed by atoms with E-state index in [1.807, 2.05) is 23.5 Å². The second-order valence-electron chi connectivity index (χ2n) is 3.87. The SMILES string of the molecule is C(=C/SCc1ccccc1)/SCc1ccccc1. The monoisotopic (exact) mass is 272 g/mol. The molecule has 0 aromatic heterocycles. The minimum atomic E-state index is 1.04. The second-order valence-corrected chi connectivity index (χ2v) is 5.65. The van der Waals surface area contributed by atoms with Gasteiger partial charge in [-0.15, -0.1) is 23.5 Å². The fourth-order valence-electron chi connectivity index (χ4n) is 1.52. The van der Waals surface area contributed by atoms with Crippen LogP contribution >= 0.6 is 23.5 Å². The highest BCUT2D eigenvalue weighted by Crippen LogP contribution is 2.17. The minimum absolute atomic E-state index is 1.04. The van der Waals surface area contributed by atoms with Crippen LogP contribution in [0.1, 0.15) is 11.1 Å². The molecule has 0 unspecified atom stereocenters. The predicted octanol–water partition coefficient (Wildman–Crippen LogP) is 5.32. The van der Waals surface area contributed by atoms with Crippen LogP contribution < -0.4 is 0 Å². The van der Waals surface area contributed by atoms with Crippen molar-refractivity contribution in [3.63, 3.8) is 0 Å². The van der Waals surface area contributed by atoms with Crippen molar-refractivity contribution in [3.8, 4) is 0 Å². The van der Waals surface area contributed by atoms with E-state index >= 15 is 0 Å². The van der Waals surface area contributed by atoms with Gasteiger partial charge < -0.3 is 0 Å². The molecule has 0 amide bonds. The lowest BCUT2D eigenvalue weighted by atomic mass is 10.2. The van der Waals surface area contributed by atoms with Crippen molar-refractivity contribution in [3.05, 3.63) is 82.6 Å². The summed E-state index contributed by atoms with van der Waals surface area (Å²) in [5.41, 5.74) is 2.75. The Hall–Kier alpha value is -1.12. The maximum atomic E-state index is 2.18. The van der Waals surface area contributed by atoms with Gasteiger partial charge in [-0.05, 0) is 21.9 Å². The second kappa shape index (κ2) is 8.06. The van der Waals surface area contributed by atoms with E-state index in [1.54, 1.807) is 0 Å². The highest BCUT2D eigenvalue weighted by Gasteiger charge is 1.90. The topological polar surface area (TPSA) is 0 Å². The van der Waals surface area contributed by atoms with Gasteiger partial charge in [-0.2, -0.15) is 0 Å². The Kier molecular flexibility index (Phi) is 5.97. The van der Waals surface area contributed by atoms with Crippen LogP contribution in [0.25, 0.3) is 0 Å². The first-order valence-corrected chi connectivity index (χ1v) is 8.01. The predicted molar refractivity (Wildman–Crippen MR) is 84.6 cm³/mol. The Morgan fingerprint density at radius 1 is 0.611 bits per heavy atom. The average molecular weight is 272 g/mol. The first-order chi connectivity index (χ1) is 8.95. The molecule has 92 valence electrons. The highest BCUT2D eigenvalue weighted by atomic mass is 32.2. The average Bonchev–Trinajstić information content (AvgIpc) is 2.45. The van der Waals surface area contributed by atoms with Crippen molar-refractivity contribution in [2.75, 3.05) is 0 Å². The van der Waals surface area contributed by atoms with Crippen LogP contribution in [0.3, 0.4) is 0 Å². The van der Waals surface area contributed by atoms with Gasteiger partial charge in [0, 0.05) is 11.5 Å². The Balaban J connectivity index is 1.64. The van der Waals surface area contributed by atoms with E-state index in [2.05, 4.69) is 71.5 Å². The molecule has 0 bridgehead atoms. The van der Waals surface area contributed by atoms with Crippen LogP contribution in [0.15, 0.2) is 71.5 Å². The molecule has 0 aliphatic rings. The van der Waals surface area contributed by atoms with Crippen LogP contribution in [0.5, 0.6) is 0 Å². The van der Waals surface area contributed by atoms with Crippen LogP contribution in [0.4, 0.5) is 0 Å². The smallest absolute Gasteiger partial charge is 0.0226 e. The zero-order chi connectivity index (χ0) is 12.5. The van der Waals surface area contributed by atoms with Gasteiger partial charge >= 0.3 is 0 Å².